The first-order valence-corrected chi connectivity index (χ1v) is 6.14. The molecule has 0 saturated carbocycles. The topological polar surface area (TPSA) is 84.8 Å². The second-order valence-corrected chi connectivity index (χ2v) is 5.00. The van der Waals surface area contributed by atoms with Crippen LogP contribution in [0.3, 0.4) is 0 Å². The van der Waals surface area contributed by atoms with Crippen LogP contribution in [0.2, 0.25) is 0 Å². The van der Waals surface area contributed by atoms with Gasteiger partial charge in [-0.05, 0) is 12.1 Å². The lowest BCUT2D eigenvalue weighted by Crippen LogP contribution is -2.12. The maximum absolute atomic E-state index is 11.7. The number of rotatable bonds is 3. The summed E-state index contributed by atoms with van der Waals surface area (Å²) in [7, 11) is -3.59. The van der Waals surface area contributed by atoms with Crippen LogP contribution < -0.4 is 4.72 Å². The molecule has 15 heavy (non-hydrogen) atoms. The lowest BCUT2D eigenvalue weighted by atomic mass is 10.5. The van der Waals surface area contributed by atoms with Gasteiger partial charge in [-0.15, -0.1) is 0 Å². The third-order valence-electron chi connectivity index (χ3n) is 1.53. The fraction of sp³-hybridized carbons (Fsp3) is 0. The minimum Gasteiger partial charge on any atom is -0.263 e. The van der Waals surface area contributed by atoms with Crippen molar-refractivity contribution in [2.75, 3.05) is 4.72 Å². The van der Waals surface area contributed by atoms with Gasteiger partial charge in [0, 0.05) is 23.9 Å². The molecule has 0 bridgehead atoms. The number of nitrogens with one attached hydrogen (secondary N) is 1. The summed E-state index contributed by atoms with van der Waals surface area (Å²) in [6.45, 7) is 0. The van der Waals surface area contributed by atoms with Gasteiger partial charge in [-0.25, -0.2) is 13.4 Å². The highest BCUT2D eigenvalue weighted by Gasteiger charge is 2.15. The molecular formula is C7H6N4O2S2. The first-order chi connectivity index (χ1) is 7.18. The van der Waals surface area contributed by atoms with Crippen molar-refractivity contribution in [1.82, 2.24) is 14.3 Å². The number of pyridine rings is 1. The third kappa shape index (κ3) is 2.28. The number of hydrogen-bond donors (Lipinski definition) is 1. The normalized spacial score (nSPS) is 11.2. The monoisotopic (exact) mass is 242 g/mol. The summed E-state index contributed by atoms with van der Waals surface area (Å²) in [6, 6.07) is 3.00. The average Bonchev–Trinajstić information content (AvgIpc) is 2.71. The Bertz CT molecular complexity index is 523. The molecule has 2 heterocycles. The molecule has 0 spiro atoms. The molecule has 0 saturated heterocycles. The lowest BCUT2D eigenvalue weighted by Gasteiger charge is -2.02. The van der Waals surface area contributed by atoms with E-state index in [1.54, 1.807) is 6.07 Å². The molecule has 0 amide bonds. The third-order valence-corrected chi connectivity index (χ3v) is 3.56. The molecule has 0 radical (unpaired) electrons. The molecule has 0 atom stereocenters. The second-order valence-electron chi connectivity index (χ2n) is 2.54. The maximum atomic E-state index is 11.7. The molecule has 78 valence electrons. The van der Waals surface area contributed by atoms with E-state index >= 15 is 0 Å². The molecule has 0 aliphatic heterocycles. The smallest absolute Gasteiger partial charge is 0.263 e. The summed E-state index contributed by atoms with van der Waals surface area (Å²) in [5.41, 5.74) is 0. The van der Waals surface area contributed by atoms with Crippen LogP contribution in [0.5, 0.6) is 0 Å². The first-order valence-electron chi connectivity index (χ1n) is 3.88. The van der Waals surface area contributed by atoms with Crippen LogP contribution in [0.1, 0.15) is 0 Å². The van der Waals surface area contributed by atoms with E-state index in [-0.39, 0.29) is 10.0 Å². The zero-order chi connectivity index (χ0) is 10.7. The fourth-order valence-electron chi connectivity index (χ4n) is 0.898. The van der Waals surface area contributed by atoms with Crippen molar-refractivity contribution in [3.8, 4) is 0 Å². The van der Waals surface area contributed by atoms with Crippen molar-refractivity contribution in [3.05, 3.63) is 30.9 Å². The SMILES string of the molecule is O=S(=O)(Nc1ncns1)c1cccnc1. The fourth-order valence-corrected chi connectivity index (χ4v) is 2.52. The molecule has 8 heteroatoms. The Morgan fingerprint density at radius 2 is 2.27 bits per heavy atom. The van der Waals surface area contributed by atoms with Crippen LogP contribution in [-0.4, -0.2) is 22.8 Å². The summed E-state index contributed by atoms with van der Waals surface area (Å²) in [5, 5.41) is 0.235. The molecule has 0 aromatic carbocycles. The predicted molar refractivity (Wildman–Crippen MR) is 55.0 cm³/mol. The molecule has 0 fully saturated rings. The van der Waals surface area contributed by atoms with Crippen LogP contribution in [0, 0.1) is 0 Å². The van der Waals surface area contributed by atoms with Crippen LogP contribution in [0.15, 0.2) is 35.7 Å². The highest BCUT2D eigenvalue weighted by atomic mass is 32.2. The molecule has 0 aliphatic carbocycles. The van der Waals surface area contributed by atoms with Crippen molar-refractivity contribution in [2.45, 2.75) is 4.90 Å². The van der Waals surface area contributed by atoms with Crippen molar-refractivity contribution in [2.24, 2.45) is 0 Å². The quantitative estimate of drug-likeness (QED) is 0.857. The van der Waals surface area contributed by atoms with Gasteiger partial charge in [-0.2, -0.15) is 4.37 Å². The highest BCUT2D eigenvalue weighted by molar-refractivity contribution is 7.92. The zero-order valence-electron chi connectivity index (χ0n) is 7.36. The Morgan fingerprint density at radius 1 is 1.40 bits per heavy atom. The Labute approximate surface area is 90.2 Å². The molecular weight excluding hydrogens is 236 g/mol. The zero-order valence-corrected chi connectivity index (χ0v) is 8.99. The summed E-state index contributed by atoms with van der Waals surface area (Å²) < 4.78 is 29.4. The first kappa shape index (κ1) is 9.99. The van der Waals surface area contributed by atoms with Gasteiger partial charge in [0.1, 0.15) is 11.2 Å². The van der Waals surface area contributed by atoms with Gasteiger partial charge in [0.05, 0.1) is 0 Å². The van der Waals surface area contributed by atoms with Gasteiger partial charge in [0.15, 0.2) is 0 Å². The minimum absolute atomic E-state index is 0.0974. The van der Waals surface area contributed by atoms with Crippen LogP contribution >= 0.6 is 11.5 Å². The molecule has 1 N–H and O–H groups in total. The Kier molecular flexibility index (Phi) is 2.60. The standard InChI is InChI=1S/C7H6N4O2S2/c12-15(13,6-2-1-3-8-4-6)11-7-9-5-10-14-7/h1-5H,(H,9,10,11). The predicted octanol–water partition coefficient (Wildman–Crippen LogP) is 0.734. The van der Waals surface area contributed by atoms with E-state index in [4.69, 9.17) is 0 Å². The van der Waals surface area contributed by atoms with E-state index in [9.17, 15) is 8.42 Å². The van der Waals surface area contributed by atoms with E-state index in [1.165, 1.54) is 24.8 Å². The van der Waals surface area contributed by atoms with E-state index in [0.29, 0.717) is 0 Å². The lowest BCUT2D eigenvalue weighted by molar-refractivity contribution is 0.601. The highest BCUT2D eigenvalue weighted by Crippen LogP contribution is 2.14. The van der Waals surface area contributed by atoms with E-state index < -0.39 is 10.0 Å². The van der Waals surface area contributed by atoms with Crippen LogP contribution in [0.4, 0.5) is 5.13 Å². The molecule has 2 rings (SSSR count). The average molecular weight is 242 g/mol. The molecule has 0 unspecified atom stereocenters. The number of aromatic nitrogens is 3. The van der Waals surface area contributed by atoms with E-state index in [2.05, 4.69) is 19.1 Å². The Morgan fingerprint density at radius 3 is 2.87 bits per heavy atom. The van der Waals surface area contributed by atoms with Gasteiger partial charge >= 0.3 is 0 Å². The van der Waals surface area contributed by atoms with Gasteiger partial charge < -0.3 is 0 Å². The van der Waals surface area contributed by atoms with E-state index in [1.807, 2.05) is 0 Å². The second kappa shape index (κ2) is 3.91. The Hall–Kier alpha value is -1.54. The summed E-state index contributed by atoms with van der Waals surface area (Å²) >= 11 is 0.973. The van der Waals surface area contributed by atoms with Crippen molar-refractivity contribution < 1.29 is 8.42 Å². The number of nitrogens with zero attached hydrogens (tertiary/aromatic N) is 3. The summed E-state index contributed by atoms with van der Waals surface area (Å²) in [6.07, 6.45) is 4.05. The molecule has 2 aromatic rings. The van der Waals surface area contributed by atoms with E-state index in [0.717, 1.165) is 11.5 Å². The van der Waals surface area contributed by atoms with Crippen molar-refractivity contribution >= 4 is 26.7 Å². The number of hydrogen-bond acceptors (Lipinski definition) is 6. The number of anilines is 1. The Balaban J connectivity index is 2.29. The van der Waals surface area contributed by atoms with Gasteiger partial charge in [0.25, 0.3) is 10.0 Å². The van der Waals surface area contributed by atoms with Gasteiger partial charge in [-0.1, -0.05) is 0 Å². The molecule has 0 aliphatic rings. The summed E-state index contributed by atoms with van der Waals surface area (Å²) in [5.74, 6) is 0. The number of sulfonamides is 1. The molecule has 6 nitrogen and oxygen atoms in total. The van der Waals surface area contributed by atoms with Gasteiger partial charge in [0.2, 0.25) is 5.13 Å². The maximum Gasteiger partial charge on any atom is 0.265 e. The van der Waals surface area contributed by atoms with Gasteiger partial charge in [-0.3, -0.25) is 9.71 Å². The molecule has 2 aromatic heterocycles. The minimum atomic E-state index is -3.59. The largest absolute Gasteiger partial charge is 0.265 e. The van der Waals surface area contributed by atoms with Crippen LogP contribution in [-0.2, 0) is 10.0 Å². The van der Waals surface area contributed by atoms with Crippen molar-refractivity contribution in [1.29, 1.82) is 0 Å². The van der Waals surface area contributed by atoms with Crippen LogP contribution in [0.25, 0.3) is 0 Å². The van der Waals surface area contributed by atoms with Crippen molar-refractivity contribution in [3.63, 3.8) is 0 Å². The summed E-state index contributed by atoms with van der Waals surface area (Å²) in [4.78, 5) is 7.55.